The molecule has 9 nitrogen and oxygen atoms in total. The lowest BCUT2D eigenvalue weighted by molar-refractivity contribution is 0.0697. The Morgan fingerprint density at radius 2 is 1.61 bits per heavy atom. The molecule has 0 bridgehead atoms. The zero-order valence-corrected chi connectivity index (χ0v) is 17.7. The highest BCUT2D eigenvalue weighted by atomic mass is 32.2. The van der Waals surface area contributed by atoms with Gasteiger partial charge in [0.1, 0.15) is 0 Å². The summed E-state index contributed by atoms with van der Waals surface area (Å²) in [5, 5.41) is 9.58. The van der Waals surface area contributed by atoms with Crippen LogP contribution < -0.4 is 9.62 Å². The largest absolute Gasteiger partial charge is 0.478 e. The maximum Gasteiger partial charge on any atom is 0.337 e. The van der Waals surface area contributed by atoms with Gasteiger partial charge in [-0.3, -0.25) is 9.27 Å². The predicted octanol–water partition coefficient (Wildman–Crippen LogP) is 2.42. The van der Waals surface area contributed by atoms with E-state index in [0.29, 0.717) is 18.8 Å². The average molecular weight is 437 g/mol. The van der Waals surface area contributed by atoms with Crippen molar-refractivity contribution in [2.24, 2.45) is 0 Å². The summed E-state index contributed by atoms with van der Waals surface area (Å²) in [6.07, 6.45) is 3.70. The van der Waals surface area contributed by atoms with E-state index < -0.39 is 37.6 Å². The summed E-state index contributed by atoms with van der Waals surface area (Å²) in [5.41, 5.74) is 0.486. The van der Waals surface area contributed by atoms with Crippen LogP contribution in [0.2, 0.25) is 0 Å². The summed E-state index contributed by atoms with van der Waals surface area (Å²) in [6, 6.07) is 4.21. The van der Waals surface area contributed by atoms with Gasteiger partial charge >= 0.3 is 5.97 Å². The average Bonchev–Trinajstić information content (AvgIpc) is 2.60. The van der Waals surface area contributed by atoms with Crippen molar-refractivity contribution >= 4 is 37.5 Å². The molecule has 0 aliphatic heterocycles. The van der Waals surface area contributed by atoms with E-state index in [-0.39, 0.29) is 11.3 Å². The van der Waals surface area contributed by atoms with Gasteiger partial charge < -0.3 is 10.0 Å². The molecule has 160 valence electrons. The highest BCUT2D eigenvalue weighted by Gasteiger charge is 2.20. The highest BCUT2D eigenvalue weighted by molar-refractivity contribution is 7.94. The van der Waals surface area contributed by atoms with Crippen molar-refractivity contribution in [1.82, 2.24) is 0 Å². The first kappa shape index (κ1) is 24.2. The fourth-order valence-electron chi connectivity index (χ4n) is 2.54. The van der Waals surface area contributed by atoms with E-state index in [1.165, 1.54) is 12.1 Å². The number of carboxylic acids is 1. The Hall–Kier alpha value is -1.85. The van der Waals surface area contributed by atoms with Gasteiger partial charge in [-0.25, -0.2) is 13.2 Å². The minimum absolute atomic E-state index is 0.0161. The lowest BCUT2D eigenvalue weighted by Gasteiger charge is -2.26. The third-order valence-corrected chi connectivity index (χ3v) is 6.28. The number of nitrogens with one attached hydrogen (secondary N) is 1. The Morgan fingerprint density at radius 3 is 2.07 bits per heavy atom. The van der Waals surface area contributed by atoms with E-state index in [1.807, 2.05) is 18.7 Å². The normalized spacial score (nSPS) is 12.0. The van der Waals surface area contributed by atoms with E-state index in [2.05, 4.69) is 4.72 Å². The SMILES string of the molecule is CCCCN(CCCC)c1ccc(NS(=O)(=O)CCS(=O)(=O)O)cc1C(=O)O. The molecule has 0 aliphatic rings. The molecular formula is C17H28N2O7S2. The van der Waals surface area contributed by atoms with E-state index >= 15 is 0 Å². The predicted molar refractivity (Wildman–Crippen MR) is 109 cm³/mol. The van der Waals surface area contributed by atoms with Crippen LogP contribution in [0.3, 0.4) is 0 Å². The van der Waals surface area contributed by atoms with Crippen molar-refractivity contribution in [2.45, 2.75) is 39.5 Å². The van der Waals surface area contributed by atoms with Gasteiger partial charge in [0.25, 0.3) is 10.1 Å². The molecule has 1 aromatic rings. The Bertz CT molecular complexity index is 859. The van der Waals surface area contributed by atoms with Crippen molar-refractivity contribution < 1.29 is 31.3 Å². The fourth-order valence-corrected chi connectivity index (χ4v) is 4.85. The molecule has 0 heterocycles. The number of benzene rings is 1. The molecule has 1 rings (SSSR count). The summed E-state index contributed by atoms with van der Waals surface area (Å²) in [7, 11) is -8.49. The molecule has 0 saturated carbocycles. The molecule has 0 aliphatic carbocycles. The van der Waals surface area contributed by atoms with Crippen LogP contribution in [0.25, 0.3) is 0 Å². The first-order valence-electron chi connectivity index (χ1n) is 9.07. The summed E-state index contributed by atoms with van der Waals surface area (Å²) in [4.78, 5) is 13.7. The maximum absolute atomic E-state index is 12.0. The van der Waals surface area contributed by atoms with Crippen molar-refractivity contribution in [3.63, 3.8) is 0 Å². The monoisotopic (exact) mass is 436 g/mol. The van der Waals surface area contributed by atoms with Gasteiger partial charge in [0.2, 0.25) is 10.0 Å². The minimum Gasteiger partial charge on any atom is -0.478 e. The Kier molecular flexibility index (Phi) is 9.18. The van der Waals surface area contributed by atoms with Crippen LogP contribution >= 0.6 is 0 Å². The molecule has 0 radical (unpaired) electrons. The molecular weight excluding hydrogens is 408 g/mol. The number of hydrogen-bond donors (Lipinski definition) is 3. The molecule has 0 atom stereocenters. The van der Waals surface area contributed by atoms with E-state index in [4.69, 9.17) is 4.55 Å². The molecule has 0 aromatic heterocycles. The minimum atomic E-state index is -4.43. The molecule has 0 unspecified atom stereocenters. The van der Waals surface area contributed by atoms with E-state index in [0.717, 1.165) is 25.7 Å². The molecule has 0 fully saturated rings. The number of hydrogen-bond acceptors (Lipinski definition) is 6. The topological polar surface area (TPSA) is 141 Å². The Balaban J connectivity index is 3.13. The van der Waals surface area contributed by atoms with E-state index in [1.54, 1.807) is 6.07 Å². The smallest absolute Gasteiger partial charge is 0.337 e. The molecule has 11 heteroatoms. The number of aromatic carboxylic acids is 1. The number of sulfonamides is 1. The lowest BCUT2D eigenvalue weighted by Crippen LogP contribution is -2.28. The first-order valence-corrected chi connectivity index (χ1v) is 12.3. The summed E-state index contributed by atoms with van der Waals surface area (Å²) < 4.78 is 56.3. The van der Waals surface area contributed by atoms with Crippen LogP contribution in [0.5, 0.6) is 0 Å². The second-order valence-electron chi connectivity index (χ2n) is 6.44. The van der Waals surface area contributed by atoms with Gasteiger partial charge in [0.05, 0.1) is 22.8 Å². The van der Waals surface area contributed by atoms with Crippen LogP contribution in [0.1, 0.15) is 49.9 Å². The third kappa shape index (κ3) is 8.44. The van der Waals surface area contributed by atoms with Crippen molar-refractivity contribution in [3.8, 4) is 0 Å². The number of unbranched alkanes of at least 4 members (excludes halogenated alkanes) is 2. The van der Waals surface area contributed by atoms with Crippen LogP contribution in [-0.2, 0) is 20.1 Å². The van der Waals surface area contributed by atoms with Crippen LogP contribution in [-0.4, -0.2) is 57.1 Å². The summed E-state index contributed by atoms with van der Waals surface area (Å²) in [6.45, 7) is 5.47. The number of nitrogens with zero attached hydrogens (tertiary/aromatic N) is 1. The van der Waals surface area contributed by atoms with Crippen molar-refractivity contribution in [3.05, 3.63) is 23.8 Å². The summed E-state index contributed by atoms with van der Waals surface area (Å²) in [5.74, 6) is -2.98. The number of carbonyl (C=O) groups is 1. The van der Waals surface area contributed by atoms with Gasteiger partial charge in [-0.1, -0.05) is 26.7 Å². The summed E-state index contributed by atoms with van der Waals surface area (Å²) >= 11 is 0. The Morgan fingerprint density at radius 1 is 1.04 bits per heavy atom. The van der Waals surface area contributed by atoms with Crippen molar-refractivity contribution in [2.75, 3.05) is 34.2 Å². The maximum atomic E-state index is 12.0. The van der Waals surface area contributed by atoms with Gasteiger partial charge in [0, 0.05) is 18.8 Å². The zero-order valence-electron chi connectivity index (χ0n) is 16.1. The zero-order chi connectivity index (χ0) is 21.4. The van der Waals surface area contributed by atoms with Crippen LogP contribution in [0.4, 0.5) is 11.4 Å². The Labute approximate surface area is 166 Å². The third-order valence-electron chi connectivity index (χ3n) is 4.01. The van der Waals surface area contributed by atoms with E-state index in [9.17, 15) is 26.7 Å². The standard InChI is InChI=1S/C17H28N2O7S2/c1-3-5-9-19(10-6-4-2)16-8-7-14(13-15(16)17(20)21)18-27(22,23)11-12-28(24,25)26/h7-8,13,18H,3-6,9-12H2,1-2H3,(H,20,21)(H,24,25,26). The van der Waals surface area contributed by atoms with Crippen molar-refractivity contribution in [1.29, 1.82) is 0 Å². The van der Waals surface area contributed by atoms with Crippen LogP contribution in [0.15, 0.2) is 18.2 Å². The molecule has 28 heavy (non-hydrogen) atoms. The van der Waals surface area contributed by atoms with Crippen LogP contribution in [0, 0.1) is 0 Å². The lowest BCUT2D eigenvalue weighted by atomic mass is 10.1. The van der Waals surface area contributed by atoms with Gasteiger partial charge in [-0.2, -0.15) is 8.42 Å². The molecule has 0 spiro atoms. The molecule has 0 saturated heterocycles. The quantitative estimate of drug-likeness (QED) is 0.400. The first-order chi connectivity index (χ1) is 13.0. The fraction of sp³-hybridized carbons (Fsp3) is 0.588. The second kappa shape index (κ2) is 10.6. The van der Waals surface area contributed by atoms with Gasteiger partial charge in [0.15, 0.2) is 0 Å². The number of carboxylic acid groups (broad SMARTS) is 1. The molecule has 1 aromatic carbocycles. The molecule has 3 N–H and O–H groups in total. The molecule has 0 amide bonds. The number of rotatable bonds is 13. The second-order valence-corrected chi connectivity index (χ2v) is 9.85. The number of anilines is 2. The van der Waals surface area contributed by atoms with Gasteiger partial charge in [-0.05, 0) is 31.0 Å². The van der Waals surface area contributed by atoms with Gasteiger partial charge in [-0.15, -0.1) is 0 Å². The highest BCUT2D eigenvalue weighted by Crippen LogP contribution is 2.26.